The van der Waals surface area contributed by atoms with Crippen molar-refractivity contribution < 1.29 is 33.4 Å². The van der Waals surface area contributed by atoms with Crippen molar-refractivity contribution in [3.05, 3.63) is 53.6 Å². The van der Waals surface area contributed by atoms with Gasteiger partial charge in [0, 0.05) is 13.0 Å². The maximum absolute atomic E-state index is 13.3. The summed E-state index contributed by atoms with van der Waals surface area (Å²) in [6.07, 6.45) is 0.763. The van der Waals surface area contributed by atoms with Crippen molar-refractivity contribution in [2.45, 2.75) is 45.7 Å². The predicted octanol–water partition coefficient (Wildman–Crippen LogP) is 3.05. The average Bonchev–Trinajstić information content (AvgIpc) is 3.41. The van der Waals surface area contributed by atoms with Gasteiger partial charge in [0.15, 0.2) is 11.5 Å². The molecule has 2 aliphatic rings. The number of esters is 1. The molecule has 1 saturated heterocycles. The Labute approximate surface area is 197 Å². The van der Waals surface area contributed by atoms with E-state index in [1.54, 1.807) is 19.1 Å². The highest BCUT2D eigenvalue weighted by molar-refractivity contribution is 6.23. The molecule has 178 valence electrons. The second kappa shape index (κ2) is 9.94. The third-order valence-corrected chi connectivity index (χ3v) is 5.71. The Morgan fingerprint density at radius 2 is 1.79 bits per heavy atom. The average molecular weight is 466 g/mol. The number of nitrogens with zero attached hydrogens (tertiary/aromatic N) is 2. The van der Waals surface area contributed by atoms with Crippen LogP contribution in [0.3, 0.4) is 0 Å². The van der Waals surface area contributed by atoms with Crippen molar-refractivity contribution in [3.8, 4) is 11.5 Å². The maximum Gasteiger partial charge on any atom is 0.338 e. The summed E-state index contributed by atoms with van der Waals surface area (Å²) in [4.78, 5) is 53.6. The van der Waals surface area contributed by atoms with Gasteiger partial charge in [0.05, 0.1) is 24.3 Å². The van der Waals surface area contributed by atoms with Crippen LogP contribution in [0.1, 0.15) is 49.0 Å². The third kappa shape index (κ3) is 4.59. The molecular weight excluding hydrogens is 440 g/mol. The van der Waals surface area contributed by atoms with Crippen LogP contribution in [0.15, 0.2) is 42.5 Å². The fourth-order valence-corrected chi connectivity index (χ4v) is 4.06. The monoisotopic (exact) mass is 466 g/mol. The van der Waals surface area contributed by atoms with Crippen molar-refractivity contribution in [1.82, 2.24) is 4.90 Å². The van der Waals surface area contributed by atoms with E-state index in [0.717, 1.165) is 10.5 Å². The molecule has 2 heterocycles. The van der Waals surface area contributed by atoms with Gasteiger partial charge >= 0.3 is 5.97 Å². The molecule has 0 aliphatic carbocycles. The Bertz CT molecular complexity index is 1110. The topological polar surface area (TPSA) is 102 Å². The Balaban J connectivity index is 1.56. The van der Waals surface area contributed by atoms with Gasteiger partial charge in [-0.05, 0) is 55.3 Å². The van der Waals surface area contributed by atoms with Crippen LogP contribution >= 0.6 is 0 Å². The van der Waals surface area contributed by atoms with Crippen LogP contribution < -0.4 is 14.4 Å². The number of carbonyl (C=O) groups excluding carboxylic acids is 4. The van der Waals surface area contributed by atoms with Crippen LogP contribution in [-0.2, 0) is 25.7 Å². The number of rotatable bonds is 8. The van der Waals surface area contributed by atoms with Crippen LogP contribution in [0.4, 0.5) is 5.69 Å². The highest BCUT2D eigenvalue weighted by Gasteiger charge is 2.44. The molecule has 2 aromatic carbocycles. The van der Waals surface area contributed by atoms with E-state index in [4.69, 9.17) is 14.2 Å². The number of hydrogen-bond donors (Lipinski definition) is 0. The second-order valence-corrected chi connectivity index (χ2v) is 8.01. The Morgan fingerprint density at radius 3 is 2.50 bits per heavy atom. The van der Waals surface area contributed by atoms with Gasteiger partial charge in [-0.3, -0.25) is 14.4 Å². The second-order valence-electron chi connectivity index (χ2n) is 8.01. The molecule has 0 bridgehead atoms. The standard InChI is InChI=1S/C25H26N2O7/c1-3-5-22(28)26(14-16-6-11-20-21(12-16)34-15-33-20)19-13-23(29)27(24(19)30)18-9-7-17(8-10-18)25(31)32-4-2/h6-12,19H,3-5,13-15H2,1-2H3. The summed E-state index contributed by atoms with van der Waals surface area (Å²) in [5.74, 6) is -0.355. The molecule has 0 N–H and O–H groups in total. The molecule has 0 radical (unpaired) electrons. The fraction of sp³-hybridized carbons (Fsp3) is 0.360. The molecule has 1 atom stereocenters. The summed E-state index contributed by atoms with van der Waals surface area (Å²) in [6.45, 7) is 4.14. The molecule has 1 fully saturated rings. The molecular formula is C25H26N2O7. The van der Waals surface area contributed by atoms with Gasteiger partial charge < -0.3 is 19.1 Å². The van der Waals surface area contributed by atoms with Gasteiger partial charge in [0.25, 0.3) is 5.91 Å². The molecule has 0 aromatic heterocycles. The number of fused-ring (bicyclic) bond motifs is 1. The van der Waals surface area contributed by atoms with Crippen molar-refractivity contribution in [3.63, 3.8) is 0 Å². The minimum absolute atomic E-state index is 0.113. The summed E-state index contributed by atoms with van der Waals surface area (Å²) in [5, 5.41) is 0. The Morgan fingerprint density at radius 1 is 1.06 bits per heavy atom. The van der Waals surface area contributed by atoms with E-state index in [-0.39, 0.29) is 38.7 Å². The summed E-state index contributed by atoms with van der Waals surface area (Å²) in [7, 11) is 0. The molecule has 4 rings (SSSR count). The normalized spacial score (nSPS) is 16.6. The number of anilines is 1. The minimum Gasteiger partial charge on any atom is -0.462 e. The lowest BCUT2D eigenvalue weighted by Gasteiger charge is -2.28. The lowest BCUT2D eigenvalue weighted by Crippen LogP contribution is -2.45. The number of benzene rings is 2. The lowest BCUT2D eigenvalue weighted by atomic mass is 10.1. The zero-order valence-electron chi connectivity index (χ0n) is 19.1. The van der Waals surface area contributed by atoms with Gasteiger partial charge in [-0.1, -0.05) is 13.0 Å². The van der Waals surface area contributed by atoms with Gasteiger partial charge in [-0.15, -0.1) is 0 Å². The third-order valence-electron chi connectivity index (χ3n) is 5.71. The predicted molar refractivity (Wildman–Crippen MR) is 121 cm³/mol. The highest BCUT2D eigenvalue weighted by atomic mass is 16.7. The number of imide groups is 1. The smallest absolute Gasteiger partial charge is 0.338 e. The molecule has 9 heteroatoms. The van der Waals surface area contributed by atoms with Crippen molar-refractivity contribution in [2.24, 2.45) is 0 Å². The summed E-state index contributed by atoms with van der Waals surface area (Å²) >= 11 is 0. The maximum atomic E-state index is 13.3. The molecule has 34 heavy (non-hydrogen) atoms. The van der Waals surface area contributed by atoms with Crippen molar-refractivity contribution >= 4 is 29.4 Å². The van der Waals surface area contributed by atoms with E-state index in [2.05, 4.69) is 0 Å². The number of hydrogen-bond acceptors (Lipinski definition) is 7. The molecule has 3 amide bonds. The zero-order valence-corrected chi connectivity index (χ0v) is 19.1. The largest absolute Gasteiger partial charge is 0.462 e. The highest BCUT2D eigenvalue weighted by Crippen LogP contribution is 2.34. The first-order valence-electron chi connectivity index (χ1n) is 11.2. The summed E-state index contributed by atoms with van der Waals surface area (Å²) in [6, 6.07) is 10.5. The summed E-state index contributed by atoms with van der Waals surface area (Å²) < 4.78 is 15.7. The van der Waals surface area contributed by atoms with Crippen LogP contribution in [0.25, 0.3) is 0 Å². The van der Waals surface area contributed by atoms with E-state index in [9.17, 15) is 19.2 Å². The first kappa shape index (κ1) is 23.3. The van der Waals surface area contributed by atoms with Crippen molar-refractivity contribution in [2.75, 3.05) is 18.3 Å². The number of ether oxygens (including phenoxy) is 3. The van der Waals surface area contributed by atoms with Gasteiger partial charge in [0.1, 0.15) is 6.04 Å². The Kier molecular flexibility index (Phi) is 6.81. The molecule has 1 unspecified atom stereocenters. The fourth-order valence-electron chi connectivity index (χ4n) is 4.06. The van der Waals surface area contributed by atoms with Gasteiger partial charge in [-0.2, -0.15) is 0 Å². The van der Waals surface area contributed by atoms with Crippen LogP contribution in [0, 0.1) is 0 Å². The quantitative estimate of drug-likeness (QED) is 0.435. The molecule has 2 aromatic rings. The molecule has 0 saturated carbocycles. The Hall–Kier alpha value is -3.88. The minimum atomic E-state index is -0.915. The number of amides is 3. The first-order chi connectivity index (χ1) is 16.4. The zero-order chi connectivity index (χ0) is 24.2. The van der Waals surface area contributed by atoms with Gasteiger partial charge in [0.2, 0.25) is 18.6 Å². The first-order valence-corrected chi connectivity index (χ1v) is 11.2. The van der Waals surface area contributed by atoms with Crippen LogP contribution in [0.2, 0.25) is 0 Å². The van der Waals surface area contributed by atoms with Gasteiger partial charge in [-0.25, -0.2) is 9.69 Å². The molecule has 9 nitrogen and oxygen atoms in total. The summed E-state index contributed by atoms with van der Waals surface area (Å²) in [5.41, 5.74) is 1.44. The van der Waals surface area contributed by atoms with E-state index < -0.39 is 23.8 Å². The van der Waals surface area contributed by atoms with Crippen LogP contribution in [-0.4, -0.2) is 48.0 Å². The van der Waals surface area contributed by atoms with E-state index >= 15 is 0 Å². The number of carbonyl (C=O) groups is 4. The SMILES string of the molecule is CCCC(=O)N(Cc1ccc2c(c1)OCO2)C1CC(=O)N(c2ccc(C(=O)OCC)cc2)C1=O. The van der Waals surface area contributed by atoms with E-state index in [1.165, 1.54) is 29.2 Å². The lowest BCUT2D eigenvalue weighted by molar-refractivity contribution is -0.139. The van der Waals surface area contributed by atoms with Crippen molar-refractivity contribution in [1.29, 1.82) is 0 Å². The van der Waals surface area contributed by atoms with Crippen LogP contribution in [0.5, 0.6) is 11.5 Å². The van der Waals surface area contributed by atoms with E-state index in [1.807, 2.05) is 13.0 Å². The molecule has 2 aliphatic heterocycles. The molecule has 0 spiro atoms. The van der Waals surface area contributed by atoms with E-state index in [0.29, 0.717) is 29.2 Å².